The fraction of sp³-hybridized carbons (Fsp3) is 0.457. The molecule has 4 aromatic rings. The first-order chi connectivity index (χ1) is 22.7. The van der Waals surface area contributed by atoms with Crippen molar-refractivity contribution in [2.75, 3.05) is 32.8 Å². The summed E-state index contributed by atoms with van der Waals surface area (Å²) in [5, 5.41) is 9.11. The molecule has 10 rings (SSSR count). The Bertz CT molecular complexity index is 1920. The molecule has 0 spiro atoms. The molecule has 1 fully saturated rings. The molecule has 47 heavy (non-hydrogen) atoms. The van der Waals surface area contributed by atoms with Crippen molar-refractivity contribution >= 4 is 27.3 Å². The molecule has 0 aliphatic carbocycles. The maximum absolute atomic E-state index is 13.3. The highest BCUT2D eigenvalue weighted by atomic mass is 32.2. The van der Waals surface area contributed by atoms with Gasteiger partial charge in [0.1, 0.15) is 17.0 Å². The molecule has 12 heteroatoms. The Balaban J connectivity index is 1.30. The van der Waals surface area contributed by atoms with Crippen LogP contribution in [0.25, 0.3) is 11.0 Å². The van der Waals surface area contributed by atoms with Gasteiger partial charge in [0.25, 0.3) is 0 Å². The monoisotopic (exact) mass is 659 g/mol. The number of carbonyl (C=O) groups is 1. The van der Waals surface area contributed by atoms with E-state index < -0.39 is 10.3 Å². The minimum Gasteiger partial charge on any atom is -0.493 e. The molecule has 1 saturated heterocycles. The third kappa shape index (κ3) is 6.46. The molecular formula is C35H41N5O6S. The molecule has 6 aliphatic heterocycles. The van der Waals surface area contributed by atoms with Gasteiger partial charge in [-0.3, -0.25) is 4.79 Å². The molecule has 0 saturated carbocycles. The molecule has 1 aromatic heterocycles. The van der Waals surface area contributed by atoms with Gasteiger partial charge in [-0.25, -0.2) is 4.68 Å². The number of nitrogens with zero attached hydrogens (tertiary/aromatic N) is 5. The van der Waals surface area contributed by atoms with E-state index in [1.54, 1.807) is 19.1 Å². The Morgan fingerprint density at radius 2 is 1.79 bits per heavy atom. The second-order valence-corrected chi connectivity index (χ2v) is 14.4. The van der Waals surface area contributed by atoms with Crippen molar-refractivity contribution in [3.8, 4) is 11.5 Å². The van der Waals surface area contributed by atoms with Crippen LogP contribution in [0.2, 0.25) is 0 Å². The van der Waals surface area contributed by atoms with E-state index in [4.69, 9.17) is 13.7 Å². The van der Waals surface area contributed by atoms with Gasteiger partial charge in [-0.1, -0.05) is 29.5 Å². The molecule has 7 heterocycles. The topological polar surface area (TPSA) is 116 Å². The van der Waals surface area contributed by atoms with E-state index in [1.807, 2.05) is 48.9 Å². The van der Waals surface area contributed by atoms with Gasteiger partial charge < -0.3 is 18.6 Å². The fourth-order valence-corrected chi connectivity index (χ4v) is 8.12. The van der Waals surface area contributed by atoms with Crippen LogP contribution in [0, 0.1) is 19.8 Å². The first-order valence-electron chi connectivity index (χ1n) is 16.4. The maximum Gasteiger partial charge on any atom is 0.385 e. The highest BCUT2D eigenvalue weighted by molar-refractivity contribution is 7.84. The van der Waals surface area contributed by atoms with E-state index in [1.165, 1.54) is 4.31 Å². The lowest BCUT2D eigenvalue weighted by Crippen LogP contribution is -2.37. The maximum atomic E-state index is 13.3. The number of carbonyl (C=O) groups excluding carboxylic acids is 1. The number of ether oxygens (including phenoxy) is 2. The molecule has 11 nitrogen and oxygen atoms in total. The zero-order chi connectivity index (χ0) is 32.7. The van der Waals surface area contributed by atoms with E-state index >= 15 is 0 Å². The second-order valence-electron chi connectivity index (χ2n) is 12.9. The van der Waals surface area contributed by atoms with Crippen LogP contribution in [-0.4, -0.2) is 71.4 Å². The van der Waals surface area contributed by atoms with Crippen molar-refractivity contribution in [3.05, 3.63) is 81.9 Å². The van der Waals surface area contributed by atoms with Gasteiger partial charge in [0.2, 0.25) is 0 Å². The van der Waals surface area contributed by atoms with Crippen molar-refractivity contribution in [3.63, 3.8) is 0 Å². The minimum absolute atomic E-state index is 0.115. The summed E-state index contributed by atoms with van der Waals surface area (Å²) in [6.45, 7) is 10.6. The van der Waals surface area contributed by atoms with Crippen molar-refractivity contribution < 1.29 is 26.9 Å². The summed E-state index contributed by atoms with van der Waals surface area (Å²) in [6, 6.07) is 15.5. The van der Waals surface area contributed by atoms with Crippen molar-refractivity contribution in [1.29, 1.82) is 0 Å². The number of hydrogen-bond donors (Lipinski definition) is 0. The highest BCUT2D eigenvalue weighted by Crippen LogP contribution is 2.37. The van der Waals surface area contributed by atoms with Crippen LogP contribution in [0.15, 0.2) is 48.5 Å². The fourth-order valence-electron chi connectivity index (χ4n) is 7.04. The zero-order valence-electron chi connectivity index (χ0n) is 27.1. The van der Waals surface area contributed by atoms with Crippen LogP contribution < -0.4 is 8.92 Å². The predicted molar refractivity (Wildman–Crippen MR) is 176 cm³/mol. The molecule has 0 amide bonds. The number of aromatic nitrogens is 3. The van der Waals surface area contributed by atoms with Crippen LogP contribution >= 0.6 is 0 Å². The second kappa shape index (κ2) is 12.9. The number of rotatable bonds is 3. The number of aryl methyl sites for hydroxylation is 2. The summed E-state index contributed by atoms with van der Waals surface area (Å²) in [5.74, 6) is 0.853. The van der Waals surface area contributed by atoms with Gasteiger partial charge in [0, 0.05) is 31.1 Å². The van der Waals surface area contributed by atoms with Crippen molar-refractivity contribution in [1.82, 2.24) is 24.2 Å². The van der Waals surface area contributed by atoms with E-state index in [2.05, 4.69) is 21.3 Å². The SMILES string of the molecule is CCOC(=O)CC1c2ccc(C)c(c2)CN2Cc3cc(ccc3OS2(=O)=O)OCC2CCN(CC2)CCn2nnc3c(C)c1ccc32. The molecule has 2 unspecified atom stereocenters. The highest BCUT2D eigenvalue weighted by Gasteiger charge is 2.33. The lowest BCUT2D eigenvalue weighted by molar-refractivity contribution is -0.143. The van der Waals surface area contributed by atoms with Gasteiger partial charge in [0.05, 0.1) is 31.7 Å². The Hall–Kier alpha value is -4.00. The average molecular weight is 660 g/mol. The largest absolute Gasteiger partial charge is 0.493 e. The first-order valence-corrected chi connectivity index (χ1v) is 17.8. The van der Waals surface area contributed by atoms with Crippen molar-refractivity contribution in [2.45, 2.75) is 65.6 Å². The van der Waals surface area contributed by atoms with E-state index in [9.17, 15) is 13.2 Å². The van der Waals surface area contributed by atoms with Crippen LogP contribution in [0.1, 0.15) is 65.5 Å². The summed E-state index contributed by atoms with van der Waals surface area (Å²) in [4.78, 5) is 15.4. The molecule has 2 atom stereocenters. The molecule has 0 radical (unpaired) electrons. The summed E-state index contributed by atoms with van der Waals surface area (Å²) < 4.78 is 47.2. The number of piperidine rings is 1. The zero-order valence-corrected chi connectivity index (χ0v) is 28.0. The van der Waals surface area contributed by atoms with E-state index in [0.29, 0.717) is 24.0 Å². The third-order valence-corrected chi connectivity index (χ3v) is 11.1. The Labute approximate surface area is 275 Å². The van der Waals surface area contributed by atoms with E-state index in [-0.39, 0.29) is 38.0 Å². The smallest absolute Gasteiger partial charge is 0.385 e. The Morgan fingerprint density at radius 3 is 2.60 bits per heavy atom. The van der Waals surface area contributed by atoms with Gasteiger partial charge in [0.15, 0.2) is 0 Å². The molecule has 6 aliphatic rings. The van der Waals surface area contributed by atoms with Crippen LogP contribution in [0.5, 0.6) is 11.5 Å². The summed E-state index contributed by atoms with van der Waals surface area (Å²) in [7, 11) is -4.04. The van der Waals surface area contributed by atoms with E-state index in [0.717, 1.165) is 83.4 Å². The Morgan fingerprint density at radius 1 is 0.979 bits per heavy atom. The normalized spacial score (nSPS) is 23.8. The minimum atomic E-state index is -4.04. The van der Waals surface area contributed by atoms with Gasteiger partial charge in [-0.2, -0.15) is 12.7 Å². The molecular weight excluding hydrogens is 618 g/mol. The average Bonchev–Trinajstić information content (AvgIpc) is 3.47. The number of esters is 1. The number of hydrogen-bond acceptors (Lipinski definition) is 9. The first kappa shape index (κ1) is 31.6. The standard InChI is InChI=1S/C35H41N5O6S/c1-4-44-34(41)19-31-26-6-5-23(2)27(17-26)20-39-21-28-18-29(7-10-33(28)46-47(39,42)43)45-22-25-11-13-38(14-12-25)15-16-40-32-9-8-30(31)24(3)35(32)36-37-40/h5-10,17-18,25,31H,4,11-16,19-22H2,1-3H3. The Kier molecular flexibility index (Phi) is 8.67. The molecule has 0 N–H and O–H groups in total. The molecule has 11 bridgehead atoms. The van der Waals surface area contributed by atoms with Gasteiger partial charge in [-0.15, -0.1) is 5.10 Å². The molecule has 248 valence electrons. The van der Waals surface area contributed by atoms with Crippen molar-refractivity contribution in [2.24, 2.45) is 5.92 Å². The van der Waals surface area contributed by atoms with Gasteiger partial charge >= 0.3 is 16.3 Å². The predicted octanol–water partition coefficient (Wildman–Crippen LogP) is 4.88. The lowest BCUT2D eigenvalue weighted by Gasteiger charge is -2.32. The molecule has 3 aromatic carbocycles. The van der Waals surface area contributed by atoms with Gasteiger partial charge in [-0.05, 0) is 105 Å². The number of benzene rings is 3. The van der Waals surface area contributed by atoms with Crippen LogP contribution in [0.4, 0.5) is 0 Å². The lowest BCUT2D eigenvalue weighted by atomic mass is 9.84. The van der Waals surface area contributed by atoms with Crippen LogP contribution in [-0.2, 0) is 39.5 Å². The summed E-state index contributed by atoms with van der Waals surface area (Å²) in [5.41, 5.74) is 7.11. The summed E-state index contributed by atoms with van der Waals surface area (Å²) in [6.07, 6.45) is 2.22. The third-order valence-electron chi connectivity index (χ3n) is 9.87. The quantitative estimate of drug-likeness (QED) is 0.284. The van der Waals surface area contributed by atoms with Crippen LogP contribution in [0.3, 0.4) is 0 Å². The summed E-state index contributed by atoms with van der Waals surface area (Å²) >= 11 is 0.